The second-order valence-electron chi connectivity index (χ2n) is 6.18. The first-order valence-corrected chi connectivity index (χ1v) is 8.16. The second-order valence-corrected chi connectivity index (χ2v) is 6.18. The summed E-state index contributed by atoms with van der Waals surface area (Å²) in [7, 11) is 0. The van der Waals surface area contributed by atoms with E-state index in [1.165, 1.54) is 17.7 Å². The molecule has 1 saturated heterocycles. The fourth-order valence-electron chi connectivity index (χ4n) is 2.84. The summed E-state index contributed by atoms with van der Waals surface area (Å²) in [5.41, 5.74) is 4.18. The maximum Gasteiger partial charge on any atom is 0.321 e. The van der Waals surface area contributed by atoms with Crippen molar-refractivity contribution in [3.8, 4) is 0 Å². The maximum absolute atomic E-state index is 13.0. The van der Waals surface area contributed by atoms with E-state index in [4.69, 9.17) is 0 Å². The van der Waals surface area contributed by atoms with E-state index in [9.17, 15) is 9.18 Å². The third-order valence-corrected chi connectivity index (χ3v) is 4.52. The average Bonchev–Trinajstić information content (AvgIpc) is 2.59. The number of aryl methyl sites for hydroxylation is 2. The minimum atomic E-state index is -0.231. The van der Waals surface area contributed by atoms with Gasteiger partial charge < -0.3 is 15.1 Å². The van der Waals surface area contributed by atoms with E-state index in [-0.39, 0.29) is 11.8 Å². The van der Waals surface area contributed by atoms with Crippen LogP contribution in [-0.2, 0) is 0 Å². The zero-order chi connectivity index (χ0) is 17.1. The molecule has 2 amide bonds. The van der Waals surface area contributed by atoms with Crippen molar-refractivity contribution in [3.05, 3.63) is 59.4 Å². The smallest absolute Gasteiger partial charge is 0.321 e. The summed E-state index contributed by atoms with van der Waals surface area (Å²) < 4.78 is 13.0. The molecule has 2 aromatic rings. The van der Waals surface area contributed by atoms with Gasteiger partial charge in [0.25, 0.3) is 0 Å². The van der Waals surface area contributed by atoms with Crippen LogP contribution in [0.25, 0.3) is 0 Å². The van der Waals surface area contributed by atoms with E-state index in [0.717, 1.165) is 30.0 Å². The van der Waals surface area contributed by atoms with Crippen molar-refractivity contribution >= 4 is 17.4 Å². The van der Waals surface area contributed by atoms with Crippen LogP contribution >= 0.6 is 0 Å². The van der Waals surface area contributed by atoms with Crippen molar-refractivity contribution in [2.45, 2.75) is 13.8 Å². The highest BCUT2D eigenvalue weighted by Gasteiger charge is 2.21. The topological polar surface area (TPSA) is 35.6 Å². The number of nitrogens with zero attached hydrogens (tertiary/aromatic N) is 2. The largest absolute Gasteiger partial charge is 0.368 e. The van der Waals surface area contributed by atoms with Crippen LogP contribution in [-0.4, -0.2) is 37.1 Å². The third-order valence-electron chi connectivity index (χ3n) is 4.52. The molecule has 0 unspecified atom stereocenters. The summed E-state index contributed by atoms with van der Waals surface area (Å²) in [6.45, 7) is 6.86. The minimum absolute atomic E-state index is 0.0722. The first kappa shape index (κ1) is 16.3. The molecule has 1 heterocycles. The Labute approximate surface area is 141 Å². The molecule has 0 atom stereocenters. The van der Waals surface area contributed by atoms with Crippen molar-refractivity contribution in [1.82, 2.24) is 4.90 Å². The Bertz CT molecular complexity index is 722. The maximum atomic E-state index is 13.0. The zero-order valence-electron chi connectivity index (χ0n) is 14.1. The number of carbonyl (C=O) groups is 1. The number of urea groups is 1. The molecule has 1 N–H and O–H groups in total. The van der Waals surface area contributed by atoms with E-state index in [0.29, 0.717) is 13.1 Å². The van der Waals surface area contributed by atoms with Gasteiger partial charge in [-0.05, 0) is 61.4 Å². The molecule has 126 valence electrons. The van der Waals surface area contributed by atoms with Gasteiger partial charge in [-0.15, -0.1) is 0 Å². The van der Waals surface area contributed by atoms with Crippen LogP contribution in [0, 0.1) is 19.7 Å². The fourth-order valence-corrected chi connectivity index (χ4v) is 2.84. The predicted molar refractivity (Wildman–Crippen MR) is 95.1 cm³/mol. The molecule has 0 radical (unpaired) electrons. The summed E-state index contributed by atoms with van der Waals surface area (Å²) in [4.78, 5) is 16.4. The second kappa shape index (κ2) is 6.91. The van der Waals surface area contributed by atoms with E-state index in [2.05, 4.69) is 17.1 Å². The standard InChI is InChI=1S/C19H22FN3O/c1-14-3-6-17(13-15(14)2)21-19(24)23-11-9-22(10-12-23)18-7-4-16(20)5-8-18/h3-8,13H,9-12H2,1-2H3,(H,21,24). The summed E-state index contributed by atoms with van der Waals surface area (Å²) >= 11 is 0. The molecular formula is C19H22FN3O. The number of halogens is 1. The van der Waals surface area contributed by atoms with Gasteiger partial charge in [-0.1, -0.05) is 6.07 Å². The molecule has 24 heavy (non-hydrogen) atoms. The minimum Gasteiger partial charge on any atom is -0.368 e. The van der Waals surface area contributed by atoms with Crippen LogP contribution in [0.1, 0.15) is 11.1 Å². The van der Waals surface area contributed by atoms with Gasteiger partial charge in [-0.25, -0.2) is 9.18 Å². The van der Waals surface area contributed by atoms with Gasteiger partial charge in [0, 0.05) is 37.6 Å². The highest BCUT2D eigenvalue weighted by atomic mass is 19.1. The SMILES string of the molecule is Cc1ccc(NC(=O)N2CCN(c3ccc(F)cc3)CC2)cc1C. The Morgan fingerprint density at radius 1 is 0.958 bits per heavy atom. The first-order chi connectivity index (χ1) is 11.5. The van der Waals surface area contributed by atoms with E-state index in [1.54, 1.807) is 12.1 Å². The molecule has 0 aromatic heterocycles. The van der Waals surface area contributed by atoms with Gasteiger partial charge in [0.15, 0.2) is 0 Å². The Hall–Kier alpha value is -2.56. The van der Waals surface area contributed by atoms with Crippen molar-refractivity contribution in [2.24, 2.45) is 0 Å². The Kier molecular flexibility index (Phi) is 4.69. The number of benzene rings is 2. The number of anilines is 2. The van der Waals surface area contributed by atoms with E-state index >= 15 is 0 Å². The number of hydrogen-bond acceptors (Lipinski definition) is 2. The highest BCUT2D eigenvalue weighted by molar-refractivity contribution is 5.89. The molecule has 2 aromatic carbocycles. The Morgan fingerprint density at radius 2 is 1.62 bits per heavy atom. The van der Waals surface area contributed by atoms with Crippen LogP contribution in [0.4, 0.5) is 20.6 Å². The van der Waals surface area contributed by atoms with Crippen LogP contribution in [0.5, 0.6) is 0 Å². The number of carbonyl (C=O) groups excluding carboxylic acids is 1. The summed E-state index contributed by atoms with van der Waals surface area (Å²) in [5.74, 6) is -0.231. The third kappa shape index (κ3) is 3.67. The molecule has 1 aliphatic rings. The summed E-state index contributed by atoms with van der Waals surface area (Å²) in [6, 6.07) is 12.3. The lowest BCUT2D eigenvalue weighted by molar-refractivity contribution is 0.208. The molecule has 5 heteroatoms. The normalized spacial score (nSPS) is 14.6. The lowest BCUT2D eigenvalue weighted by Crippen LogP contribution is -2.50. The van der Waals surface area contributed by atoms with E-state index in [1.807, 2.05) is 30.0 Å². The number of rotatable bonds is 2. The van der Waals surface area contributed by atoms with Gasteiger partial charge in [0.05, 0.1) is 0 Å². The van der Waals surface area contributed by atoms with Crippen molar-refractivity contribution in [2.75, 3.05) is 36.4 Å². The van der Waals surface area contributed by atoms with Crippen molar-refractivity contribution < 1.29 is 9.18 Å². The van der Waals surface area contributed by atoms with Crippen LogP contribution in [0.2, 0.25) is 0 Å². The van der Waals surface area contributed by atoms with Crippen molar-refractivity contribution in [3.63, 3.8) is 0 Å². The molecule has 0 bridgehead atoms. The van der Waals surface area contributed by atoms with Gasteiger partial charge >= 0.3 is 6.03 Å². The van der Waals surface area contributed by atoms with Gasteiger partial charge in [0.2, 0.25) is 0 Å². The molecule has 1 aliphatic heterocycles. The molecule has 1 fully saturated rings. The molecule has 0 aliphatic carbocycles. The Morgan fingerprint density at radius 3 is 2.25 bits per heavy atom. The van der Waals surface area contributed by atoms with E-state index < -0.39 is 0 Å². The summed E-state index contributed by atoms with van der Waals surface area (Å²) in [6.07, 6.45) is 0. The van der Waals surface area contributed by atoms with Crippen LogP contribution in [0.15, 0.2) is 42.5 Å². The van der Waals surface area contributed by atoms with Gasteiger partial charge in [-0.3, -0.25) is 0 Å². The zero-order valence-corrected chi connectivity index (χ0v) is 14.1. The average molecular weight is 327 g/mol. The predicted octanol–water partition coefficient (Wildman–Crippen LogP) is 3.80. The molecular weight excluding hydrogens is 305 g/mol. The number of nitrogens with one attached hydrogen (secondary N) is 1. The number of amides is 2. The lowest BCUT2D eigenvalue weighted by Gasteiger charge is -2.36. The number of hydrogen-bond donors (Lipinski definition) is 1. The van der Waals surface area contributed by atoms with Gasteiger partial charge in [-0.2, -0.15) is 0 Å². The molecule has 3 rings (SSSR count). The first-order valence-electron chi connectivity index (χ1n) is 8.16. The number of piperazine rings is 1. The highest BCUT2D eigenvalue weighted by Crippen LogP contribution is 2.18. The monoisotopic (exact) mass is 327 g/mol. The van der Waals surface area contributed by atoms with Gasteiger partial charge in [0.1, 0.15) is 5.82 Å². The Balaban J connectivity index is 1.56. The quantitative estimate of drug-likeness (QED) is 0.911. The fraction of sp³-hybridized carbons (Fsp3) is 0.316. The van der Waals surface area contributed by atoms with Crippen LogP contribution in [0.3, 0.4) is 0 Å². The molecule has 0 spiro atoms. The van der Waals surface area contributed by atoms with Crippen LogP contribution < -0.4 is 10.2 Å². The molecule has 4 nitrogen and oxygen atoms in total. The lowest BCUT2D eigenvalue weighted by atomic mass is 10.1. The van der Waals surface area contributed by atoms with Crippen molar-refractivity contribution in [1.29, 1.82) is 0 Å². The summed E-state index contributed by atoms with van der Waals surface area (Å²) in [5, 5.41) is 2.96. The molecule has 0 saturated carbocycles.